The average molecular weight is 255 g/mol. The Labute approximate surface area is 107 Å². The van der Waals surface area contributed by atoms with E-state index in [0.717, 1.165) is 44.3 Å². The highest BCUT2D eigenvalue weighted by Crippen LogP contribution is 2.19. The van der Waals surface area contributed by atoms with Crippen LogP contribution in [0.5, 0.6) is 0 Å². The first-order valence-electron chi connectivity index (χ1n) is 6.30. The van der Waals surface area contributed by atoms with E-state index in [4.69, 9.17) is 5.73 Å². The summed E-state index contributed by atoms with van der Waals surface area (Å²) in [6.45, 7) is 7.36. The Balaban J connectivity index is 1.85. The molecule has 0 aliphatic carbocycles. The Morgan fingerprint density at radius 2 is 2.18 bits per heavy atom. The molecule has 0 saturated carbocycles. The molecule has 0 bridgehead atoms. The first-order valence-corrected chi connectivity index (χ1v) is 7.18. The molecule has 0 radical (unpaired) electrons. The van der Waals surface area contributed by atoms with Crippen molar-refractivity contribution in [2.24, 2.45) is 5.73 Å². The zero-order chi connectivity index (χ0) is 12.1. The number of anilines is 1. The summed E-state index contributed by atoms with van der Waals surface area (Å²) in [7, 11) is 0. The maximum atomic E-state index is 5.66. The lowest BCUT2D eigenvalue weighted by Crippen LogP contribution is -2.50. The third-order valence-corrected chi connectivity index (χ3v) is 4.17. The van der Waals surface area contributed by atoms with Gasteiger partial charge >= 0.3 is 0 Å². The zero-order valence-corrected chi connectivity index (χ0v) is 11.2. The molecule has 96 valence electrons. The molecule has 2 rings (SSSR count). The second kappa shape index (κ2) is 6.28. The fourth-order valence-electron chi connectivity index (χ4n) is 2.42. The van der Waals surface area contributed by atoms with E-state index in [-0.39, 0.29) is 0 Å². The minimum atomic E-state index is 0.650. The number of nitrogens with two attached hydrogens (primary N) is 1. The van der Waals surface area contributed by atoms with Crippen LogP contribution in [0.25, 0.3) is 0 Å². The Bertz CT molecular complexity index is 308. The fraction of sp³-hybridized carbons (Fsp3) is 0.818. The van der Waals surface area contributed by atoms with Gasteiger partial charge in [-0.25, -0.2) is 0 Å². The van der Waals surface area contributed by atoms with Crippen molar-refractivity contribution >= 4 is 16.5 Å². The molecule has 17 heavy (non-hydrogen) atoms. The Kier molecular flexibility index (Phi) is 4.70. The maximum absolute atomic E-state index is 5.66. The lowest BCUT2D eigenvalue weighted by molar-refractivity contribution is 0.173. The second-order valence-electron chi connectivity index (χ2n) is 4.38. The van der Waals surface area contributed by atoms with Gasteiger partial charge in [0.15, 0.2) is 0 Å². The summed E-state index contributed by atoms with van der Waals surface area (Å²) in [6.07, 6.45) is 2.30. The van der Waals surface area contributed by atoms with E-state index in [1.165, 1.54) is 6.42 Å². The van der Waals surface area contributed by atoms with Crippen LogP contribution in [0.3, 0.4) is 0 Å². The van der Waals surface area contributed by atoms with Crippen molar-refractivity contribution in [3.8, 4) is 0 Å². The number of aromatic nitrogens is 2. The van der Waals surface area contributed by atoms with E-state index >= 15 is 0 Å². The molecule has 1 saturated heterocycles. The number of hydrogen-bond donors (Lipinski definition) is 1. The van der Waals surface area contributed by atoms with Crippen molar-refractivity contribution < 1.29 is 0 Å². The van der Waals surface area contributed by atoms with Crippen molar-refractivity contribution in [3.63, 3.8) is 0 Å². The number of piperazine rings is 1. The monoisotopic (exact) mass is 255 g/mol. The Hall–Kier alpha value is -0.720. The van der Waals surface area contributed by atoms with Crippen LogP contribution in [-0.2, 0) is 0 Å². The summed E-state index contributed by atoms with van der Waals surface area (Å²) in [5.41, 5.74) is 7.46. The number of hydrogen-bond acceptors (Lipinski definition) is 6. The van der Waals surface area contributed by atoms with Gasteiger partial charge in [0.05, 0.1) is 0 Å². The van der Waals surface area contributed by atoms with Crippen molar-refractivity contribution in [2.75, 3.05) is 37.6 Å². The van der Waals surface area contributed by atoms with Gasteiger partial charge in [-0.15, -0.1) is 10.2 Å². The molecule has 0 spiro atoms. The summed E-state index contributed by atoms with van der Waals surface area (Å²) in [4.78, 5) is 4.88. The minimum Gasteiger partial charge on any atom is -0.344 e. The average Bonchev–Trinajstić information content (AvgIpc) is 2.90. The molecule has 1 atom stereocenters. The summed E-state index contributed by atoms with van der Waals surface area (Å²) in [5, 5.41) is 9.07. The van der Waals surface area contributed by atoms with Gasteiger partial charge in [-0.3, -0.25) is 4.90 Å². The standard InChI is InChI=1S/C11H21N5S/c1-2-10(3-4-12)15-5-7-16(8-6-15)11-14-13-9-17-11/h9-10H,2-8,12H2,1H3. The highest BCUT2D eigenvalue weighted by molar-refractivity contribution is 7.13. The molecule has 2 heterocycles. The van der Waals surface area contributed by atoms with Crippen LogP contribution in [0.2, 0.25) is 0 Å². The molecule has 6 heteroatoms. The predicted molar refractivity (Wildman–Crippen MR) is 71.4 cm³/mol. The van der Waals surface area contributed by atoms with Crippen molar-refractivity contribution in [1.82, 2.24) is 15.1 Å². The highest BCUT2D eigenvalue weighted by atomic mass is 32.1. The van der Waals surface area contributed by atoms with Crippen molar-refractivity contribution in [1.29, 1.82) is 0 Å². The number of nitrogens with zero attached hydrogens (tertiary/aromatic N) is 4. The molecular weight excluding hydrogens is 234 g/mol. The summed E-state index contributed by atoms with van der Waals surface area (Å²) >= 11 is 1.62. The predicted octanol–water partition coefficient (Wildman–Crippen LogP) is 0.787. The third kappa shape index (κ3) is 3.14. The summed E-state index contributed by atoms with van der Waals surface area (Å²) < 4.78 is 0. The number of rotatable bonds is 5. The van der Waals surface area contributed by atoms with Gasteiger partial charge in [-0.1, -0.05) is 18.3 Å². The largest absolute Gasteiger partial charge is 0.344 e. The minimum absolute atomic E-state index is 0.650. The van der Waals surface area contributed by atoms with Gasteiger partial charge in [0.1, 0.15) is 5.51 Å². The van der Waals surface area contributed by atoms with Gasteiger partial charge in [-0.2, -0.15) is 0 Å². The van der Waals surface area contributed by atoms with Crippen molar-refractivity contribution in [3.05, 3.63) is 5.51 Å². The zero-order valence-electron chi connectivity index (χ0n) is 10.4. The SMILES string of the molecule is CCC(CCN)N1CCN(c2nncs2)CC1. The Morgan fingerprint density at radius 1 is 1.41 bits per heavy atom. The van der Waals surface area contributed by atoms with E-state index in [1.807, 2.05) is 0 Å². The molecule has 0 aromatic carbocycles. The quantitative estimate of drug-likeness (QED) is 0.843. The van der Waals surface area contributed by atoms with E-state index in [2.05, 4.69) is 26.9 Å². The van der Waals surface area contributed by atoms with Crippen LogP contribution < -0.4 is 10.6 Å². The van der Waals surface area contributed by atoms with E-state index < -0.39 is 0 Å². The second-order valence-corrected chi connectivity index (χ2v) is 5.20. The fourth-order valence-corrected chi connectivity index (χ4v) is 3.04. The molecule has 1 aromatic rings. The normalized spacial score (nSPS) is 19.5. The molecule has 1 aliphatic heterocycles. The Morgan fingerprint density at radius 3 is 2.71 bits per heavy atom. The van der Waals surface area contributed by atoms with Crippen LogP contribution in [0.15, 0.2) is 5.51 Å². The van der Waals surface area contributed by atoms with Gasteiger partial charge in [0.25, 0.3) is 0 Å². The van der Waals surface area contributed by atoms with Crippen LogP contribution in [0.4, 0.5) is 5.13 Å². The van der Waals surface area contributed by atoms with E-state index in [1.54, 1.807) is 16.8 Å². The molecular formula is C11H21N5S. The molecule has 0 amide bonds. The third-order valence-electron chi connectivity index (χ3n) is 3.42. The van der Waals surface area contributed by atoms with Crippen LogP contribution in [0, 0.1) is 0 Å². The first-order chi connectivity index (χ1) is 8.35. The van der Waals surface area contributed by atoms with E-state index in [9.17, 15) is 0 Å². The molecule has 2 N–H and O–H groups in total. The van der Waals surface area contributed by atoms with Gasteiger partial charge in [0.2, 0.25) is 5.13 Å². The molecule has 5 nitrogen and oxygen atoms in total. The van der Waals surface area contributed by atoms with Crippen LogP contribution >= 0.6 is 11.3 Å². The summed E-state index contributed by atoms with van der Waals surface area (Å²) in [5.74, 6) is 0. The molecule has 1 unspecified atom stereocenters. The topological polar surface area (TPSA) is 58.3 Å². The van der Waals surface area contributed by atoms with Gasteiger partial charge < -0.3 is 10.6 Å². The van der Waals surface area contributed by atoms with Crippen LogP contribution in [-0.4, -0.2) is 53.9 Å². The van der Waals surface area contributed by atoms with Crippen molar-refractivity contribution in [2.45, 2.75) is 25.8 Å². The van der Waals surface area contributed by atoms with Gasteiger partial charge in [0, 0.05) is 32.2 Å². The highest BCUT2D eigenvalue weighted by Gasteiger charge is 2.23. The lowest BCUT2D eigenvalue weighted by atomic mass is 10.1. The van der Waals surface area contributed by atoms with Crippen LogP contribution in [0.1, 0.15) is 19.8 Å². The maximum Gasteiger partial charge on any atom is 0.208 e. The van der Waals surface area contributed by atoms with Gasteiger partial charge in [-0.05, 0) is 19.4 Å². The van der Waals surface area contributed by atoms with E-state index in [0.29, 0.717) is 6.04 Å². The molecule has 1 aliphatic rings. The lowest BCUT2D eigenvalue weighted by Gasteiger charge is -2.38. The summed E-state index contributed by atoms with van der Waals surface area (Å²) in [6, 6.07) is 0.650. The molecule has 1 aromatic heterocycles. The first kappa shape index (κ1) is 12.7. The molecule has 1 fully saturated rings. The smallest absolute Gasteiger partial charge is 0.208 e.